The van der Waals surface area contributed by atoms with Crippen LogP contribution >= 0.6 is 0 Å². The Labute approximate surface area is 321 Å². The molecule has 2 N–H and O–H groups in total. The summed E-state index contributed by atoms with van der Waals surface area (Å²) in [5.41, 5.74) is 6.90. The number of ether oxygens (including phenoxy) is 3. The molecule has 0 unspecified atom stereocenters. The van der Waals surface area contributed by atoms with Crippen molar-refractivity contribution in [2.45, 2.75) is 102 Å². The van der Waals surface area contributed by atoms with Gasteiger partial charge in [0.2, 0.25) is 5.91 Å². The van der Waals surface area contributed by atoms with Crippen molar-refractivity contribution in [1.82, 2.24) is 25.1 Å². The number of likely N-dealkylation sites (tertiary alicyclic amines) is 2. The van der Waals surface area contributed by atoms with E-state index in [9.17, 15) is 14.4 Å². The smallest absolute Gasteiger partial charge is 0.411 e. The highest BCUT2D eigenvalue weighted by molar-refractivity contribution is 6.04. The van der Waals surface area contributed by atoms with Gasteiger partial charge in [-0.15, -0.1) is 0 Å². The Kier molecular flexibility index (Phi) is 9.06. The number of methoxy groups -OCH3 is 1. The summed E-state index contributed by atoms with van der Waals surface area (Å²) >= 11 is 0. The quantitative estimate of drug-likeness (QED) is 0.250. The molecule has 4 aliphatic heterocycles. The lowest BCUT2D eigenvalue weighted by Gasteiger charge is -2.36. The SMILES string of the molecule is COC(=O)N[C@H](C(=O)N1[C@@H]2C[C@@H]2C[C@H]1C1=NC=C(c2ccc(-c3ccc(-c4cnc([C@@H]5C[C@H]6C[C@H]6N5C(=O)OC(C)(C)C)[nH]4)cc3)cc2)C1)C1CCOCC1. The van der Waals surface area contributed by atoms with Crippen LogP contribution in [-0.4, -0.2) is 93.7 Å². The Morgan fingerprint density at radius 2 is 1.47 bits per heavy atom. The molecular formula is C43H50N6O6. The van der Waals surface area contributed by atoms with E-state index in [0.717, 1.165) is 83.6 Å². The van der Waals surface area contributed by atoms with Crippen LogP contribution in [0.1, 0.15) is 83.1 Å². The van der Waals surface area contributed by atoms with Crippen LogP contribution in [0.5, 0.6) is 0 Å². The van der Waals surface area contributed by atoms with E-state index in [1.807, 2.05) is 43.0 Å². The number of H-pyrrole nitrogens is 1. The number of carbonyl (C=O) groups excluding carboxylic acids is 3. The maximum absolute atomic E-state index is 14.2. The minimum Gasteiger partial charge on any atom is -0.453 e. The number of alkyl carbamates (subject to hydrolysis) is 1. The number of hydrogen-bond donors (Lipinski definition) is 2. The van der Waals surface area contributed by atoms with E-state index in [2.05, 4.69) is 58.8 Å². The van der Waals surface area contributed by atoms with Crippen molar-refractivity contribution in [2.24, 2.45) is 22.7 Å². The molecule has 0 bridgehead atoms. The molecule has 1 aromatic heterocycles. The van der Waals surface area contributed by atoms with Gasteiger partial charge in [-0.1, -0.05) is 48.5 Å². The lowest BCUT2D eigenvalue weighted by atomic mass is 9.90. The fraction of sp³-hybridized carbons (Fsp3) is 0.512. The standard InChI is InChI=1S/C43H50N6O6/c1-43(2,3)55-42(52)49-35-19-30(35)21-37(49)39-45-23-33(46-39)27-11-9-25(10-12-27)24-5-7-26(8-6-24)31-17-32(44-22-31)36-20-29-18-34(29)48(36)40(50)38(47-41(51)53-4)28-13-15-54-16-14-28/h5-12,22-23,28-30,34-38H,13-21H2,1-4H3,(H,45,46)(H,47,51)/t29-,30-,34-,35-,36+,37+,38+/m1/s1. The number of imidazole rings is 1. The number of fused-ring (bicyclic) bond motifs is 2. The molecule has 0 radical (unpaired) electrons. The average molecular weight is 747 g/mol. The van der Waals surface area contributed by atoms with Crippen LogP contribution in [0, 0.1) is 17.8 Å². The molecule has 55 heavy (non-hydrogen) atoms. The zero-order chi connectivity index (χ0) is 38.0. The van der Waals surface area contributed by atoms with Crippen LogP contribution in [0.4, 0.5) is 9.59 Å². The number of allylic oxidation sites excluding steroid dienone is 1. The number of amides is 3. The fourth-order valence-electron chi connectivity index (χ4n) is 9.32. The molecule has 2 saturated carbocycles. The zero-order valence-electron chi connectivity index (χ0n) is 32.0. The first kappa shape index (κ1) is 35.7. The van der Waals surface area contributed by atoms with Gasteiger partial charge in [-0.3, -0.25) is 14.7 Å². The van der Waals surface area contributed by atoms with Gasteiger partial charge >= 0.3 is 12.2 Å². The fourth-order valence-corrected chi connectivity index (χ4v) is 9.32. The topological polar surface area (TPSA) is 138 Å². The molecule has 7 atom stereocenters. The van der Waals surface area contributed by atoms with Crippen molar-refractivity contribution in [2.75, 3.05) is 20.3 Å². The van der Waals surface area contributed by atoms with Gasteiger partial charge in [0, 0.05) is 43.6 Å². The molecule has 2 aromatic carbocycles. The summed E-state index contributed by atoms with van der Waals surface area (Å²) in [5.74, 6) is 1.80. The summed E-state index contributed by atoms with van der Waals surface area (Å²) in [4.78, 5) is 56.6. The van der Waals surface area contributed by atoms with Crippen LogP contribution < -0.4 is 5.32 Å². The van der Waals surface area contributed by atoms with Crippen LogP contribution in [0.3, 0.4) is 0 Å². The molecule has 12 nitrogen and oxygen atoms in total. The molecule has 5 heterocycles. The van der Waals surface area contributed by atoms with Crippen molar-refractivity contribution in [3.8, 4) is 22.4 Å². The molecule has 288 valence electrons. The zero-order valence-corrected chi connectivity index (χ0v) is 32.0. The number of nitrogens with zero attached hydrogens (tertiary/aromatic N) is 4. The van der Waals surface area contributed by atoms with Gasteiger partial charge in [-0.2, -0.15) is 0 Å². The van der Waals surface area contributed by atoms with Crippen molar-refractivity contribution < 1.29 is 28.6 Å². The summed E-state index contributed by atoms with van der Waals surface area (Å²) < 4.78 is 16.2. The predicted octanol–water partition coefficient (Wildman–Crippen LogP) is 7.14. The highest BCUT2D eigenvalue weighted by Crippen LogP contribution is 2.54. The molecule has 3 saturated heterocycles. The summed E-state index contributed by atoms with van der Waals surface area (Å²) in [6.07, 6.45) is 8.98. The van der Waals surface area contributed by atoms with Crippen LogP contribution in [0.2, 0.25) is 0 Å². The summed E-state index contributed by atoms with van der Waals surface area (Å²) in [6.45, 7) is 6.87. The molecule has 3 aromatic rings. The first-order valence-electron chi connectivity index (χ1n) is 19.8. The van der Waals surface area contributed by atoms with Crippen molar-refractivity contribution >= 4 is 29.4 Å². The third-order valence-corrected chi connectivity index (χ3v) is 12.4. The largest absolute Gasteiger partial charge is 0.453 e. The van der Waals surface area contributed by atoms with E-state index >= 15 is 0 Å². The van der Waals surface area contributed by atoms with Crippen molar-refractivity contribution in [3.05, 3.63) is 72.3 Å². The number of aromatic nitrogens is 2. The molecular weight excluding hydrogens is 697 g/mol. The van der Waals surface area contributed by atoms with Gasteiger partial charge in [0.1, 0.15) is 17.5 Å². The number of piperidine rings is 2. The number of carbonyl (C=O) groups is 3. The summed E-state index contributed by atoms with van der Waals surface area (Å²) in [7, 11) is 1.33. The summed E-state index contributed by atoms with van der Waals surface area (Å²) in [6, 6.07) is 16.7. The lowest BCUT2D eigenvalue weighted by Crippen LogP contribution is -2.56. The summed E-state index contributed by atoms with van der Waals surface area (Å²) in [5, 5.41) is 2.87. The predicted molar refractivity (Wildman–Crippen MR) is 207 cm³/mol. The second-order valence-electron chi connectivity index (χ2n) is 17.1. The molecule has 3 amide bonds. The number of rotatable bonds is 8. The molecule has 0 spiro atoms. The van der Waals surface area contributed by atoms with Crippen LogP contribution in [0.15, 0.2) is 65.9 Å². The molecule has 6 aliphatic rings. The average Bonchev–Trinajstić information content (AvgIpc) is 3.77. The molecule has 12 heteroatoms. The highest BCUT2D eigenvalue weighted by Gasteiger charge is 2.57. The van der Waals surface area contributed by atoms with Gasteiger partial charge in [0.05, 0.1) is 31.1 Å². The first-order valence-corrected chi connectivity index (χ1v) is 19.8. The normalized spacial score (nSPS) is 27.5. The second-order valence-corrected chi connectivity index (χ2v) is 17.1. The van der Waals surface area contributed by atoms with Gasteiger partial charge in [-0.05, 0) is 105 Å². The number of nitrogens with one attached hydrogen (secondary N) is 2. The minimum absolute atomic E-state index is 0.0109. The number of aromatic amines is 1. The van der Waals surface area contributed by atoms with Gasteiger partial charge in [0.25, 0.3) is 0 Å². The maximum Gasteiger partial charge on any atom is 0.411 e. The van der Waals surface area contributed by atoms with E-state index in [1.165, 1.54) is 7.11 Å². The second kappa shape index (κ2) is 14.0. The van der Waals surface area contributed by atoms with Gasteiger partial charge < -0.3 is 29.4 Å². The Bertz CT molecular complexity index is 2030. The monoisotopic (exact) mass is 746 g/mol. The number of aliphatic imine (C=N–C) groups is 1. The number of benzene rings is 2. The van der Waals surface area contributed by atoms with Crippen LogP contribution in [0.25, 0.3) is 28.0 Å². The molecule has 2 aliphatic carbocycles. The third kappa shape index (κ3) is 7.05. The number of hydrogen-bond acceptors (Lipinski definition) is 8. The maximum atomic E-state index is 14.2. The van der Waals surface area contributed by atoms with Crippen molar-refractivity contribution in [1.29, 1.82) is 0 Å². The van der Waals surface area contributed by atoms with E-state index in [0.29, 0.717) is 31.5 Å². The Morgan fingerprint density at radius 3 is 2.13 bits per heavy atom. The van der Waals surface area contributed by atoms with Crippen molar-refractivity contribution in [3.63, 3.8) is 0 Å². The Morgan fingerprint density at radius 1 is 0.855 bits per heavy atom. The van der Waals surface area contributed by atoms with E-state index in [1.54, 1.807) is 0 Å². The highest BCUT2D eigenvalue weighted by atomic mass is 16.6. The Hall–Kier alpha value is -4.97. The minimum atomic E-state index is -0.634. The van der Waals surface area contributed by atoms with E-state index < -0.39 is 17.7 Å². The Balaban J connectivity index is 0.837. The molecule has 5 fully saturated rings. The van der Waals surface area contributed by atoms with Gasteiger partial charge in [0.15, 0.2) is 0 Å². The lowest BCUT2D eigenvalue weighted by molar-refractivity contribution is -0.136. The van der Waals surface area contributed by atoms with E-state index in [-0.39, 0.29) is 42.1 Å². The third-order valence-electron chi connectivity index (χ3n) is 12.4. The van der Waals surface area contributed by atoms with Crippen LogP contribution in [-0.2, 0) is 19.0 Å². The first-order chi connectivity index (χ1) is 26.5. The van der Waals surface area contributed by atoms with E-state index in [4.69, 9.17) is 24.2 Å². The van der Waals surface area contributed by atoms with Gasteiger partial charge in [-0.25, -0.2) is 14.6 Å². The molecule has 9 rings (SSSR count).